The van der Waals surface area contributed by atoms with Crippen LogP contribution in [0, 0.1) is 5.82 Å². The van der Waals surface area contributed by atoms with Crippen LogP contribution in [0.25, 0.3) is 0 Å². The molecular formula is C19H24FN5O5S. The van der Waals surface area contributed by atoms with Gasteiger partial charge in [-0.05, 0) is 30.5 Å². The van der Waals surface area contributed by atoms with Crippen LogP contribution >= 0.6 is 0 Å². The minimum atomic E-state index is -3.76. The van der Waals surface area contributed by atoms with Crippen molar-refractivity contribution in [2.75, 3.05) is 20.6 Å². The predicted molar refractivity (Wildman–Crippen MR) is 110 cm³/mol. The zero-order valence-corrected chi connectivity index (χ0v) is 17.9. The first-order valence-electron chi connectivity index (χ1n) is 9.61. The first kappa shape index (κ1) is 23.0. The van der Waals surface area contributed by atoms with Gasteiger partial charge in [0.1, 0.15) is 17.3 Å². The van der Waals surface area contributed by atoms with E-state index in [1.807, 2.05) is 0 Å². The van der Waals surface area contributed by atoms with Gasteiger partial charge in [0.25, 0.3) is 21.7 Å². The largest absolute Gasteiger partial charge is 0.391 e. The second-order valence-corrected chi connectivity index (χ2v) is 9.40. The molecule has 2 aromatic rings. The van der Waals surface area contributed by atoms with Crippen LogP contribution in [0.5, 0.6) is 0 Å². The summed E-state index contributed by atoms with van der Waals surface area (Å²) in [6.07, 6.45) is 0.987. The summed E-state index contributed by atoms with van der Waals surface area (Å²) >= 11 is 0. The molecule has 1 aliphatic rings. The van der Waals surface area contributed by atoms with Crippen LogP contribution in [0.2, 0.25) is 0 Å². The Bertz CT molecular complexity index is 1120. The molecule has 1 saturated heterocycles. The number of rotatable bonds is 7. The second kappa shape index (κ2) is 9.22. The van der Waals surface area contributed by atoms with Crippen molar-refractivity contribution in [2.24, 2.45) is 0 Å². The van der Waals surface area contributed by atoms with Gasteiger partial charge in [-0.1, -0.05) is 12.1 Å². The Hall–Kier alpha value is -2.67. The summed E-state index contributed by atoms with van der Waals surface area (Å²) in [6, 6.07) is 4.77. The Labute approximate surface area is 178 Å². The Morgan fingerprint density at radius 3 is 2.65 bits per heavy atom. The van der Waals surface area contributed by atoms with Crippen LogP contribution in [0.1, 0.15) is 46.3 Å². The number of hydrogen-bond acceptors (Lipinski definition) is 6. The summed E-state index contributed by atoms with van der Waals surface area (Å²) < 4.78 is 40.6. The number of amides is 1. The predicted octanol–water partition coefficient (Wildman–Crippen LogP) is 0.275. The highest BCUT2D eigenvalue weighted by Crippen LogP contribution is 2.32. The SMILES string of the molecule is CN(C)S(=O)(=O)N1CCCC1c1nc(C(=O)NCc2ccc(F)cc2)c(CO)c(=O)[nH]1. The number of aliphatic hydroxyl groups is 1. The van der Waals surface area contributed by atoms with E-state index in [0.29, 0.717) is 18.4 Å². The molecule has 0 bridgehead atoms. The molecule has 1 aliphatic heterocycles. The van der Waals surface area contributed by atoms with Gasteiger partial charge < -0.3 is 15.4 Å². The standard InChI is InChI=1S/C19H24FN5O5S/c1-24(2)31(29,30)25-9-3-4-15(25)17-22-16(14(11-26)18(27)23-17)19(28)21-10-12-5-7-13(20)8-6-12/h5-8,15,26H,3-4,9-11H2,1-2H3,(H,21,28)(H,22,23,27). The molecule has 1 aromatic heterocycles. The molecule has 2 heterocycles. The van der Waals surface area contributed by atoms with Crippen molar-refractivity contribution >= 4 is 16.1 Å². The number of benzene rings is 1. The van der Waals surface area contributed by atoms with E-state index in [1.54, 1.807) is 0 Å². The number of nitrogens with one attached hydrogen (secondary N) is 2. The van der Waals surface area contributed by atoms with Crippen LogP contribution in [-0.2, 0) is 23.4 Å². The first-order chi connectivity index (χ1) is 14.6. The summed E-state index contributed by atoms with van der Waals surface area (Å²) in [6.45, 7) is -0.409. The first-order valence-corrected chi connectivity index (χ1v) is 11.0. The average Bonchev–Trinajstić information content (AvgIpc) is 3.23. The zero-order chi connectivity index (χ0) is 22.8. The van der Waals surface area contributed by atoms with E-state index < -0.39 is 40.1 Å². The fraction of sp³-hybridized carbons (Fsp3) is 0.421. The number of aromatic nitrogens is 2. The molecule has 10 nitrogen and oxygen atoms in total. The number of nitrogens with zero attached hydrogens (tertiary/aromatic N) is 3. The highest BCUT2D eigenvalue weighted by Gasteiger charge is 2.38. The van der Waals surface area contributed by atoms with Gasteiger partial charge in [0.2, 0.25) is 0 Å². The molecule has 1 amide bonds. The summed E-state index contributed by atoms with van der Waals surface area (Å²) in [5.74, 6) is -1.08. The van der Waals surface area contributed by atoms with Gasteiger partial charge in [-0.25, -0.2) is 9.37 Å². The number of aromatic amines is 1. The lowest BCUT2D eigenvalue weighted by Gasteiger charge is -2.26. The van der Waals surface area contributed by atoms with Crippen molar-refractivity contribution in [1.29, 1.82) is 0 Å². The van der Waals surface area contributed by atoms with Gasteiger partial charge in [-0.3, -0.25) is 9.59 Å². The van der Waals surface area contributed by atoms with Crippen LogP contribution in [0.15, 0.2) is 29.1 Å². The Kier molecular flexibility index (Phi) is 6.84. The molecule has 1 atom stereocenters. The molecule has 1 aromatic carbocycles. The van der Waals surface area contributed by atoms with E-state index in [1.165, 1.54) is 42.7 Å². The average molecular weight is 453 g/mol. The minimum absolute atomic E-state index is 0.0389. The minimum Gasteiger partial charge on any atom is -0.391 e. The number of carbonyl (C=O) groups is 1. The van der Waals surface area contributed by atoms with E-state index >= 15 is 0 Å². The molecule has 0 aliphatic carbocycles. The van der Waals surface area contributed by atoms with Crippen molar-refractivity contribution in [2.45, 2.75) is 32.0 Å². The number of H-pyrrole nitrogens is 1. The molecule has 1 unspecified atom stereocenters. The monoisotopic (exact) mass is 453 g/mol. The third-order valence-corrected chi connectivity index (χ3v) is 7.00. The van der Waals surface area contributed by atoms with Gasteiger partial charge in [-0.15, -0.1) is 0 Å². The highest BCUT2D eigenvalue weighted by molar-refractivity contribution is 7.86. The number of carbonyl (C=O) groups excluding carboxylic acids is 1. The Morgan fingerprint density at radius 1 is 1.35 bits per heavy atom. The normalized spacial score (nSPS) is 17.3. The smallest absolute Gasteiger partial charge is 0.282 e. The zero-order valence-electron chi connectivity index (χ0n) is 17.1. The van der Waals surface area contributed by atoms with Crippen LogP contribution in [0.3, 0.4) is 0 Å². The van der Waals surface area contributed by atoms with Crippen molar-refractivity contribution < 1.29 is 22.7 Å². The molecule has 0 radical (unpaired) electrons. The molecular weight excluding hydrogens is 429 g/mol. The Balaban J connectivity index is 1.91. The van der Waals surface area contributed by atoms with E-state index in [0.717, 1.165) is 4.31 Å². The number of hydrogen-bond donors (Lipinski definition) is 3. The maximum absolute atomic E-state index is 13.0. The van der Waals surface area contributed by atoms with Crippen LogP contribution in [0.4, 0.5) is 4.39 Å². The second-order valence-electron chi connectivity index (χ2n) is 7.30. The topological polar surface area (TPSA) is 136 Å². The molecule has 12 heteroatoms. The maximum Gasteiger partial charge on any atom is 0.282 e. The molecule has 1 fully saturated rings. The highest BCUT2D eigenvalue weighted by atomic mass is 32.2. The quantitative estimate of drug-likeness (QED) is 0.551. The summed E-state index contributed by atoms with van der Waals surface area (Å²) in [7, 11) is -0.948. The fourth-order valence-electron chi connectivity index (χ4n) is 3.38. The van der Waals surface area contributed by atoms with E-state index in [4.69, 9.17) is 0 Å². The summed E-state index contributed by atoms with van der Waals surface area (Å²) in [4.78, 5) is 32.0. The van der Waals surface area contributed by atoms with E-state index in [2.05, 4.69) is 15.3 Å². The lowest BCUT2D eigenvalue weighted by Crippen LogP contribution is -2.41. The summed E-state index contributed by atoms with van der Waals surface area (Å²) in [5.41, 5.74) is -0.587. The van der Waals surface area contributed by atoms with Crippen molar-refractivity contribution in [3.05, 3.63) is 63.1 Å². The van der Waals surface area contributed by atoms with Crippen molar-refractivity contribution in [3.8, 4) is 0 Å². The third-order valence-electron chi connectivity index (χ3n) is 5.05. The van der Waals surface area contributed by atoms with Crippen molar-refractivity contribution in [3.63, 3.8) is 0 Å². The molecule has 3 N–H and O–H groups in total. The molecule has 0 spiro atoms. The molecule has 3 rings (SSSR count). The van der Waals surface area contributed by atoms with Gasteiger partial charge in [-0.2, -0.15) is 17.0 Å². The van der Waals surface area contributed by atoms with Gasteiger partial charge >= 0.3 is 0 Å². The molecule has 31 heavy (non-hydrogen) atoms. The van der Waals surface area contributed by atoms with Gasteiger partial charge in [0, 0.05) is 27.2 Å². The van der Waals surface area contributed by atoms with Crippen LogP contribution < -0.4 is 10.9 Å². The third kappa shape index (κ3) is 4.82. The Morgan fingerprint density at radius 2 is 2.03 bits per heavy atom. The lowest BCUT2D eigenvalue weighted by molar-refractivity contribution is 0.0941. The van der Waals surface area contributed by atoms with Crippen LogP contribution in [-0.4, -0.2) is 58.6 Å². The lowest BCUT2D eigenvalue weighted by atomic mass is 10.1. The maximum atomic E-state index is 13.0. The van der Waals surface area contributed by atoms with Gasteiger partial charge in [0.15, 0.2) is 0 Å². The van der Waals surface area contributed by atoms with Crippen molar-refractivity contribution in [1.82, 2.24) is 23.9 Å². The number of aliphatic hydroxyl groups excluding tert-OH is 1. The van der Waals surface area contributed by atoms with Gasteiger partial charge in [0.05, 0.1) is 18.2 Å². The number of halogens is 1. The van der Waals surface area contributed by atoms with E-state index in [-0.39, 0.29) is 30.2 Å². The van der Waals surface area contributed by atoms with E-state index in [9.17, 15) is 27.5 Å². The molecule has 0 saturated carbocycles. The fourth-order valence-corrected chi connectivity index (χ4v) is 4.68. The molecule has 168 valence electrons. The summed E-state index contributed by atoms with van der Waals surface area (Å²) in [5, 5.41) is 12.2.